The predicted octanol–water partition coefficient (Wildman–Crippen LogP) is 0.914. The van der Waals surface area contributed by atoms with E-state index in [2.05, 4.69) is 0 Å². The van der Waals surface area contributed by atoms with Crippen LogP contribution in [0.25, 0.3) is 0 Å². The summed E-state index contributed by atoms with van der Waals surface area (Å²) in [5.74, 6) is -1.48. The van der Waals surface area contributed by atoms with E-state index in [0.29, 0.717) is 18.8 Å². The second kappa shape index (κ2) is 5.48. The Morgan fingerprint density at radius 1 is 0.885 bits per heavy atom. The molecule has 0 aliphatic carbocycles. The van der Waals surface area contributed by atoms with Crippen molar-refractivity contribution in [2.24, 2.45) is 11.8 Å². The third-order valence-corrected chi connectivity index (χ3v) is 7.62. The zero-order chi connectivity index (χ0) is 18.1. The number of imide groups is 1. The van der Waals surface area contributed by atoms with E-state index in [-0.39, 0.29) is 28.9 Å². The molecule has 0 aromatic heterocycles. The lowest BCUT2D eigenvalue weighted by molar-refractivity contribution is -0.124. The molecule has 3 saturated heterocycles. The van der Waals surface area contributed by atoms with Crippen LogP contribution in [0.2, 0.25) is 0 Å². The molecule has 0 unspecified atom stereocenters. The van der Waals surface area contributed by atoms with Gasteiger partial charge in [-0.2, -0.15) is 4.31 Å². The number of sulfonamides is 1. The minimum Gasteiger partial charge on any atom is -0.365 e. The Morgan fingerprint density at radius 3 is 1.96 bits per heavy atom. The fourth-order valence-corrected chi connectivity index (χ4v) is 5.92. The molecule has 3 fully saturated rings. The van der Waals surface area contributed by atoms with Gasteiger partial charge in [0.2, 0.25) is 21.8 Å². The number of amides is 2. The van der Waals surface area contributed by atoms with Gasteiger partial charge < -0.3 is 4.74 Å². The van der Waals surface area contributed by atoms with Crippen LogP contribution in [0.1, 0.15) is 12.8 Å². The quantitative estimate of drug-likeness (QED) is 0.580. The van der Waals surface area contributed by atoms with Gasteiger partial charge in [-0.15, -0.1) is 0 Å². The number of ether oxygens (including phenoxy) is 1. The van der Waals surface area contributed by atoms with Crippen molar-refractivity contribution >= 4 is 27.5 Å². The van der Waals surface area contributed by atoms with Gasteiger partial charge in [-0.25, -0.2) is 13.3 Å². The number of nitrogens with zero attached hydrogens (tertiary/aromatic N) is 2. The number of carbonyl (C=O) groups excluding carboxylic acids is 2. The van der Waals surface area contributed by atoms with Crippen molar-refractivity contribution in [3.05, 3.63) is 36.4 Å². The van der Waals surface area contributed by atoms with Crippen LogP contribution in [0.3, 0.4) is 0 Å². The standard InChI is InChI=1S/C18H18N2O5S/c21-17-15-13-7-8-14(25-13)16(15)18(22)20(17)11-3-5-12(6-4-11)26(23,24)19-9-1-2-10-19/h3-8,13-16H,1-2,9-10H2/t13-,14+,15-,16+. The van der Waals surface area contributed by atoms with E-state index in [1.807, 2.05) is 12.2 Å². The largest absolute Gasteiger partial charge is 0.365 e. The van der Waals surface area contributed by atoms with E-state index < -0.39 is 21.9 Å². The van der Waals surface area contributed by atoms with Gasteiger partial charge in [0.15, 0.2) is 0 Å². The first-order chi connectivity index (χ1) is 12.5. The zero-order valence-electron chi connectivity index (χ0n) is 13.9. The van der Waals surface area contributed by atoms with E-state index in [9.17, 15) is 18.0 Å². The lowest BCUT2D eigenvalue weighted by atomic mass is 9.85. The Kier molecular flexibility index (Phi) is 3.41. The van der Waals surface area contributed by atoms with E-state index in [0.717, 1.165) is 12.8 Å². The highest BCUT2D eigenvalue weighted by molar-refractivity contribution is 7.89. The maximum Gasteiger partial charge on any atom is 0.243 e. The van der Waals surface area contributed by atoms with Crippen LogP contribution in [0.15, 0.2) is 41.3 Å². The van der Waals surface area contributed by atoms with Crippen molar-refractivity contribution in [3.63, 3.8) is 0 Å². The summed E-state index contributed by atoms with van der Waals surface area (Å²) in [7, 11) is -3.51. The molecule has 4 atom stereocenters. The van der Waals surface area contributed by atoms with Crippen LogP contribution < -0.4 is 4.90 Å². The maximum absolute atomic E-state index is 12.7. The SMILES string of the molecule is O=C1[C@@H]2[C@H](C(=O)N1c1ccc(S(=O)(=O)N3CCCC3)cc1)[C@H]1C=C[C@@H]2O1. The fourth-order valence-electron chi connectivity index (χ4n) is 4.40. The third kappa shape index (κ3) is 2.09. The number of anilines is 1. The molecule has 4 heterocycles. The van der Waals surface area contributed by atoms with Gasteiger partial charge in [0, 0.05) is 13.1 Å². The highest BCUT2D eigenvalue weighted by Gasteiger charge is 2.61. The number of hydrogen-bond acceptors (Lipinski definition) is 5. The molecule has 26 heavy (non-hydrogen) atoms. The van der Waals surface area contributed by atoms with E-state index >= 15 is 0 Å². The summed E-state index contributed by atoms with van der Waals surface area (Å²) in [6.45, 7) is 1.07. The summed E-state index contributed by atoms with van der Waals surface area (Å²) in [6.07, 6.45) is 4.76. The predicted molar refractivity (Wildman–Crippen MR) is 91.7 cm³/mol. The topological polar surface area (TPSA) is 84.0 Å². The van der Waals surface area contributed by atoms with Gasteiger partial charge in [0.05, 0.1) is 34.6 Å². The number of rotatable bonds is 3. The van der Waals surface area contributed by atoms with Gasteiger partial charge in [-0.1, -0.05) is 12.2 Å². The molecule has 0 N–H and O–H groups in total. The normalized spacial score (nSPS) is 33.5. The molecule has 2 bridgehead atoms. The van der Waals surface area contributed by atoms with Crippen LogP contribution in [0.5, 0.6) is 0 Å². The van der Waals surface area contributed by atoms with Crippen molar-refractivity contribution in [2.45, 2.75) is 29.9 Å². The average molecular weight is 374 g/mol. The monoisotopic (exact) mass is 374 g/mol. The summed E-state index contributed by atoms with van der Waals surface area (Å²) in [6, 6.07) is 6.02. The van der Waals surface area contributed by atoms with Crippen LogP contribution in [-0.2, 0) is 24.3 Å². The number of benzene rings is 1. The molecule has 1 aromatic rings. The molecule has 0 saturated carbocycles. The van der Waals surface area contributed by atoms with E-state index in [1.54, 1.807) is 0 Å². The smallest absolute Gasteiger partial charge is 0.243 e. The molecule has 136 valence electrons. The Morgan fingerprint density at radius 2 is 1.42 bits per heavy atom. The van der Waals surface area contributed by atoms with Crippen molar-refractivity contribution in [1.82, 2.24) is 4.31 Å². The van der Waals surface area contributed by atoms with Crippen molar-refractivity contribution < 1.29 is 22.7 Å². The number of fused-ring (bicyclic) bond motifs is 5. The second-order valence-electron chi connectivity index (χ2n) is 7.12. The summed E-state index contributed by atoms with van der Waals surface area (Å²) in [4.78, 5) is 26.9. The van der Waals surface area contributed by atoms with E-state index in [4.69, 9.17) is 4.74 Å². The fraction of sp³-hybridized carbons (Fsp3) is 0.444. The van der Waals surface area contributed by atoms with Gasteiger partial charge in [0.1, 0.15) is 0 Å². The third-order valence-electron chi connectivity index (χ3n) is 5.71. The number of hydrogen-bond donors (Lipinski definition) is 0. The lowest BCUT2D eigenvalue weighted by Crippen LogP contribution is -2.34. The van der Waals surface area contributed by atoms with Crippen molar-refractivity contribution in [3.8, 4) is 0 Å². The molecule has 7 nitrogen and oxygen atoms in total. The summed E-state index contributed by atoms with van der Waals surface area (Å²) in [5.41, 5.74) is 0.411. The Labute approximate surface area is 151 Å². The molecular weight excluding hydrogens is 356 g/mol. The van der Waals surface area contributed by atoms with Crippen molar-refractivity contribution in [2.75, 3.05) is 18.0 Å². The minimum atomic E-state index is -3.51. The van der Waals surface area contributed by atoms with Gasteiger partial charge in [-0.05, 0) is 37.1 Å². The van der Waals surface area contributed by atoms with Crippen LogP contribution in [0, 0.1) is 11.8 Å². The number of carbonyl (C=O) groups is 2. The average Bonchev–Trinajstić information content (AvgIpc) is 3.40. The molecule has 0 spiro atoms. The first kappa shape index (κ1) is 16.2. The Hall–Kier alpha value is -2.03. The zero-order valence-corrected chi connectivity index (χ0v) is 14.8. The lowest BCUT2D eigenvalue weighted by Gasteiger charge is -2.19. The summed E-state index contributed by atoms with van der Waals surface area (Å²) >= 11 is 0. The summed E-state index contributed by atoms with van der Waals surface area (Å²) < 4.78 is 32.3. The molecule has 1 aromatic carbocycles. The van der Waals surface area contributed by atoms with Crippen LogP contribution in [0.4, 0.5) is 5.69 Å². The van der Waals surface area contributed by atoms with E-state index in [1.165, 1.54) is 33.5 Å². The molecule has 5 rings (SSSR count). The maximum atomic E-state index is 12.7. The molecule has 8 heteroatoms. The Balaban J connectivity index is 1.43. The minimum absolute atomic E-state index is 0.188. The molecule has 4 aliphatic heterocycles. The highest BCUT2D eigenvalue weighted by atomic mass is 32.2. The first-order valence-corrected chi connectivity index (χ1v) is 10.2. The van der Waals surface area contributed by atoms with Crippen molar-refractivity contribution in [1.29, 1.82) is 0 Å². The molecule has 2 amide bonds. The Bertz CT molecular complexity index is 887. The van der Waals surface area contributed by atoms with Crippen LogP contribution >= 0.6 is 0 Å². The van der Waals surface area contributed by atoms with Gasteiger partial charge >= 0.3 is 0 Å². The first-order valence-electron chi connectivity index (χ1n) is 8.80. The van der Waals surface area contributed by atoms with Gasteiger partial charge in [0.25, 0.3) is 0 Å². The summed E-state index contributed by atoms with van der Waals surface area (Å²) in [5, 5.41) is 0. The second-order valence-corrected chi connectivity index (χ2v) is 9.06. The van der Waals surface area contributed by atoms with Gasteiger partial charge in [-0.3, -0.25) is 9.59 Å². The molecule has 4 aliphatic rings. The highest BCUT2D eigenvalue weighted by Crippen LogP contribution is 2.46. The molecular formula is C18H18N2O5S. The van der Waals surface area contributed by atoms with Crippen LogP contribution in [-0.4, -0.2) is 49.8 Å². The molecule has 0 radical (unpaired) electrons.